The lowest BCUT2D eigenvalue weighted by Gasteiger charge is -2.40. The van der Waals surface area contributed by atoms with Crippen LogP contribution in [0.2, 0.25) is 0 Å². The molecule has 1 unspecified atom stereocenters. The molecule has 1 fully saturated rings. The fraction of sp³-hybridized carbons (Fsp3) is 1.00. The van der Waals surface area contributed by atoms with Gasteiger partial charge in [0.25, 0.3) is 0 Å². The van der Waals surface area contributed by atoms with Crippen LogP contribution in [0.3, 0.4) is 0 Å². The van der Waals surface area contributed by atoms with E-state index in [0.29, 0.717) is 23.9 Å². The van der Waals surface area contributed by atoms with E-state index in [1.807, 2.05) is 0 Å². The lowest BCUT2D eigenvalue weighted by atomic mass is 9.81. The highest BCUT2D eigenvalue weighted by molar-refractivity contribution is 4.81. The highest BCUT2D eigenvalue weighted by Gasteiger charge is 2.34. The Labute approximate surface area is 81.3 Å². The van der Waals surface area contributed by atoms with Gasteiger partial charge in [0.05, 0.1) is 18.8 Å². The van der Waals surface area contributed by atoms with Gasteiger partial charge in [-0.3, -0.25) is 0 Å². The lowest BCUT2D eigenvalue weighted by molar-refractivity contribution is -0.133. The normalized spacial score (nSPS) is 41.1. The van der Waals surface area contributed by atoms with Crippen LogP contribution in [0.4, 0.5) is 0 Å². The second-order valence-electron chi connectivity index (χ2n) is 4.71. The van der Waals surface area contributed by atoms with Crippen LogP contribution >= 0.6 is 0 Å². The van der Waals surface area contributed by atoms with Gasteiger partial charge in [-0.25, -0.2) is 0 Å². The van der Waals surface area contributed by atoms with Gasteiger partial charge < -0.3 is 9.84 Å². The number of hydrogen-bond acceptors (Lipinski definition) is 2. The summed E-state index contributed by atoms with van der Waals surface area (Å²) < 4.78 is 5.83. The van der Waals surface area contributed by atoms with Gasteiger partial charge in [0.15, 0.2) is 0 Å². The van der Waals surface area contributed by atoms with E-state index in [1.165, 1.54) is 0 Å². The van der Waals surface area contributed by atoms with Crippen molar-refractivity contribution < 1.29 is 9.84 Å². The van der Waals surface area contributed by atoms with E-state index >= 15 is 0 Å². The predicted molar refractivity (Wildman–Crippen MR) is 53.5 cm³/mol. The first-order valence-corrected chi connectivity index (χ1v) is 5.32. The highest BCUT2D eigenvalue weighted by atomic mass is 16.5. The molecule has 0 radical (unpaired) electrons. The maximum atomic E-state index is 9.15. The first-order chi connectivity index (χ1) is 6.06. The SMILES string of the molecule is CC(C)[C@H]1C[C@@H](C)[C@H](C)C(CO)O1. The summed E-state index contributed by atoms with van der Waals surface area (Å²) in [7, 11) is 0. The summed E-state index contributed by atoms with van der Waals surface area (Å²) in [6.07, 6.45) is 1.52. The average molecular weight is 186 g/mol. The Hall–Kier alpha value is -0.0800. The molecule has 1 aliphatic heterocycles. The van der Waals surface area contributed by atoms with Crippen molar-refractivity contribution in [2.75, 3.05) is 6.61 Å². The molecule has 0 amide bonds. The lowest BCUT2D eigenvalue weighted by Crippen LogP contribution is -2.42. The fourth-order valence-electron chi connectivity index (χ4n) is 1.99. The molecule has 2 heteroatoms. The molecule has 13 heavy (non-hydrogen) atoms. The average Bonchev–Trinajstić information content (AvgIpc) is 2.09. The molecule has 4 atom stereocenters. The molecule has 78 valence electrons. The molecule has 0 aromatic rings. The molecule has 0 aromatic carbocycles. The Morgan fingerprint density at radius 2 is 2.00 bits per heavy atom. The quantitative estimate of drug-likeness (QED) is 0.715. The smallest absolute Gasteiger partial charge is 0.0837 e. The third kappa shape index (κ3) is 2.44. The van der Waals surface area contributed by atoms with Gasteiger partial charge in [0, 0.05) is 0 Å². The van der Waals surface area contributed by atoms with Gasteiger partial charge in [-0.1, -0.05) is 27.7 Å². The van der Waals surface area contributed by atoms with Crippen molar-refractivity contribution in [1.82, 2.24) is 0 Å². The minimum atomic E-state index is 0.0520. The third-order valence-electron chi connectivity index (χ3n) is 3.36. The van der Waals surface area contributed by atoms with Crippen LogP contribution in [-0.2, 0) is 4.74 Å². The van der Waals surface area contributed by atoms with Crippen molar-refractivity contribution in [1.29, 1.82) is 0 Å². The Balaban J connectivity index is 2.58. The van der Waals surface area contributed by atoms with Crippen LogP contribution < -0.4 is 0 Å². The van der Waals surface area contributed by atoms with Crippen molar-refractivity contribution in [2.24, 2.45) is 17.8 Å². The molecule has 1 N–H and O–H groups in total. The Bertz CT molecular complexity index is 156. The summed E-state index contributed by atoms with van der Waals surface area (Å²) in [6, 6.07) is 0. The standard InChI is InChI=1S/C11H22O2/c1-7(2)10-5-8(3)9(4)11(6-12)13-10/h7-12H,5-6H2,1-4H3/t8-,9+,10-,11?/m1/s1. The first-order valence-electron chi connectivity index (χ1n) is 5.32. The van der Waals surface area contributed by atoms with E-state index in [9.17, 15) is 0 Å². The van der Waals surface area contributed by atoms with Gasteiger partial charge in [0.1, 0.15) is 0 Å². The van der Waals surface area contributed by atoms with Crippen LogP contribution in [0, 0.1) is 17.8 Å². The molecular formula is C11H22O2. The van der Waals surface area contributed by atoms with E-state index in [-0.39, 0.29) is 12.7 Å². The molecule has 0 bridgehead atoms. The largest absolute Gasteiger partial charge is 0.394 e. The van der Waals surface area contributed by atoms with Gasteiger partial charge in [-0.2, -0.15) is 0 Å². The van der Waals surface area contributed by atoms with Crippen molar-refractivity contribution in [3.8, 4) is 0 Å². The van der Waals surface area contributed by atoms with Gasteiger partial charge in [0.2, 0.25) is 0 Å². The molecule has 1 rings (SSSR count). The Morgan fingerprint density at radius 1 is 1.38 bits per heavy atom. The van der Waals surface area contributed by atoms with E-state index < -0.39 is 0 Å². The van der Waals surface area contributed by atoms with Crippen LogP contribution in [0.5, 0.6) is 0 Å². The highest BCUT2D eigenvalue weighted by Crippen LogP contribution is 2.32. The number of ether oxygens (including phenoxy) is 1. The number of aliphatic hydroxyl groups is 1. The zero-order valence-electron chi connectivity index (χ0n) is 9.16. The summed E-state index contributed by atoms with van der Waals surface area (Å²) in [4.78, 5) is 0. The summed E-state index contributed by atoms with van der Waals surface area (Å²) in [5.74, 6) is 1.71. The zero-order valence-corrected chi connectivity index (χ0v) is 9.16. The number of hydrogen-bond donors (Lipinski definition) is 1. The molecule has 1 aliphatic rings. The molecule has 0 aliphatic carbocycles. The second-order valence-corrected chi connectivity index (χ2v) is 4.71. The van der Waals surface area contributed by atoms with E-state index in [1.54, 1.807) is 0 Å². The topological polar surface area (TPSA) is 29.5 Å². The summed E-state index contributed by atoms with van der Waals surface area (Å²) in [5, 5.41) is 9.15. The number of rotatable bonds is 2. The zero-order chi connectivity index (χ0) is 10.0. The fourth-order valence-corrected chi connectivity index (χ4v) is 1.99. The van der Waals surface area contributed by atoms with Crippen molar-refractivity contribution in [3.05, 3.63) is 0 Å². The van der Waals surface area contributed by atoms with Crippen molar-refractivity contribution >= 4 is 0 Å². The van der Waals surface area contributed by atoms with Crippen LogP contribution in [0.15, 0.2) is 0 Å². The first kappa shape index (κ1) is 11.0. The summed E-state index contributed by atoms with van der Waals surface area (Å²) in [6.45, 7) is 8.95. The van der Waals surface area contributed by atoms with Crippen LogP contribution in [0.1, 0.15) is 34.1 Å². The van der Waals surface area contributed by atoms with Gasteiger partial charge in [-0.05, 0) is 24.2 Å². The Morgan fingerprint density at radius 3 is 2.46 bits per heavy atom. The maximum Gasteiger partial charge on any atom is 0.0837 e. The minimum Gasteiger partial charge on any atom is -0.394 e. The van der Waals surface area contributed by atoms with Crippen LogP contribution in [0.25, 0.3) is 0 Å². The van der Waals surface area contributed by atoms with Crippen LogP contribution in [-0.4, -0.2) is 23.9 Å². The number of aliphatic hydroxyl groups excluding tert-OH is 1. The molecule has 0 spiro atoms. The monoisotopic (exact) mass is 186 g/mol. The molecule has 1 heterocycles. The minimum absolute atomic E-state index is 0.0520. The maximum absolute atomic E-state index is 9.15. The van der Waals surface area contributed by atoms with Crippen molar-refractivity contribution in [2.45, 2.75) is 46.3 Å². The molecule has 2 nitrogen and oxygen atoms in total. The van der Waals surface area contributed by atoms with E-state index in [0.717, 1.165) is 6.42 Å². The van der Waals surface area contributed by atoms with Crippen molar-refractivity contribution in [3.63, 3.8) is 0 Å². The Kier molecular flexibility index (Phi) is 3.74. The predicted octanol–water partition coefficient (Wildman–Crippen LogP) is 2.06. The van der Waals surface area contributed by atoms with E-state index in [2.05, 4.69) is 27.7 Å². The molecule has 1 saturated heterocycles. The molecule has 0 saturated carbocycles. The van der Waals surface area contributed by atoms with E-state index in [4.69, 9.17) is 9.84 Å². The second kappa shape index (κ2) is 4.43. The molecular weight excluding hydrogens is 164 g/mol. The van der Waals surface area contributed by atoms with Gasteiger partial charge >= 0.3 is 0 Å². The summed E-state index contributed by atoms with van der Waals surface area (Å²) >= 11 is 0. The molecule has 0 aromatic heterocycles. The summed E-state index contributed by atoms with van der Waals surface area (Å²) in [5.41, 5.74) is 0. The van der Waals surface area contributed by atoms with Gasteiger partial charge in [-0.15, -0.1) is 0 Å². The third-order valence-corrected chi connectivity index (χ3v) is 3.36.